The van der Waals surface area contributed by atoms with E-state index in [4.69, 9.17) is 0 Å². The molecule has 2 aromatic rings. The zero-order valence-corrected chi connectivity index (χ0v) is 14.1. The molecule has 0 bridgehead atoms. The molecular weight excluding hydrogens is 361 g/mol. The lowest BCUT2D eigenvalue weighted by molar-refractivity contribution is -0.141. The van der Waals surface area contributed by atoms with Crippen LogP contribution in [0, 0.1) is 13.8 Å². The third-order valence-electron chi connectivity index (χ3n) is 3.57. The largest absolute Gasteiger partial charge is 0.435 e. The maximum absolute atomic E-state index is 12.7. The summed E-state index contributed by atoms with van der Waals surface area (Å²) in [7, 11) is 0. The molecule has 142 valence electrons. The first kappa shape index (κ1) is 19.7. The second-order valence-corrected chi connectivity index (χ2v) is 5.66. The molecule has 0 radical (unpaired) electrons. The Labute approximate surface area is 145 Å². The van der Waals surface area contributed by atoms with Crippen molar-refractivity contribution in [2.24, 2.45) is 0 Å². The Balaban J connectivity index is 2.25. The van der Waals surface area contributed by atoms with Gasteiger partial charge in [0, 0.05) is 5.69 Å². The number of rotatable bonds is 5. The molecule has 0 saturated heterocycles. The van der Waals surface area contributed by atoms with Gasteiger partial charge in [0.2, 0.25) is 5.91 Å². The van der Waals surface area contributed by atoms with Crippen LogP contribution >= 0.6 is 0 Å². The van der Waals surface area contributed by atoms with E-state index in [1.54, 1.807) is 6.92 Å². The highest BCUT2D eigenvalue weighted by Gasteiger charge is 2.35. The number of amides is 1. The van der Waals surface area contributed by atoms with Crippen LogP contribution < -0.4 is 10.1 Å². The van der Waals surface area contributed by atoms with E-state index in [9.17, 15) is 26.7 Å². The van der Waals surface area contributed by atoms with Gasteiger partial charge in [-0.05, 0) is 44.5 Å². The van der Waals surface area contributed by atoms with Crippen LogP contribution in [0.2, 0.25) is 0 Å². The third kappa shape index (κ3) is 4.50. The Bertz CT molecular complexity index is 802. The number of benzene rings is 1. The molecule has 1 N–H and O–H groups in total. The molecule has 5 nitrogen and oxygen atoms in total. The minimum atomic E-state index is -4.64. The van der Waals surface area contributed by atoms with Crippen LogP contribution in [0.3, 0.4) is 0 Å². The van der Waals surface area contributed by atoms with Gasteiger partial charge in [-0.3, -0.25) is 9.48 Å². The van der Waals surface area contributed by atoms with Crippen molar-refractivity contribution in [1.82, 2.24) is 9.78 Å². The fourth-order valence-electron chi connectivity index (χ4n) is 2.31. The number of nitrogens with zero attached hydrogens (tertiary/aromatic N) is 2. The van der Waals surface area contributed by atoms with E-state index in [1.165, 1.54) is 32.0 Å². The molecule has 0 spiro atoms. The fraction of sp³-hybridized carbons (Fsp3) is 0.375. The maximum Gasteiger partial charge on any atom is 0.435 e. The topological polar surface area (TPSA) is 56.1 Å². The first-order chi connectivity index (χ1) is 12.0. The summed E-state index contributed by atoms with van der Waals surface area (Å²) in [6.07, 6.45) is -4.64. The van der Waals surface area contributed by atoms with E-state index >= 15 is 0 Å². The van der Waals surface area contributed by atoms with Crippen LogP contribution in [0.25, 0.3) is 0 Å². The average Bonchev–Trinajstić information content (AvgIpc) is 2.91. The van der Waals surface area contributed by atoms with Gasteiger partial charge in [-0.2, -0.15) is 27.1 Å². The number of anilines is 1. The Morgan fingerprint density at radius 2 is 1.88 bits per heavy atom. The number of hydrogen-bond acceptors (Lipinski definition) is 3. The van der Waals surface area contributed by atoms with Gasteiger partial charge in [0.25, 0.3) is 0 Å². The number of aromatic nitrogens is 2. The van der Waals surface area contributed by atoms with Gasteiger partial charge in [-0.15, -0.1) is 0 Å². The molecule has 2 rings (SSSR count). The molecular formula is C16H16F5N3O2. The van der Waals surface area contributed by atoms with Crippen LogP contribution in [-0.2, 0) is 11.0 Å². The van der Waals surface area contributed by atoms with Gasteiger partial charge in [0.15, 0.2) is 5.69 Å². The first-order valence-corrected chi connectivity index (χ1v) is 7.48. The second-order valence-electron chi connectivity index (χ2n) is 5.66. The standard InChI is InChI=1S/C16H16F5N3O2/c1-8-4-5-12(26-15(17)18)11(6-8)22-14(25)10(3)24-9(2)7-13(23-24)16(19,20)21/h4-7,10,15H,1-3H3,(H,22,25). The summed E-state index contributed by atoms with van der Waals surface area (Å²) < 4.78 is 68.4. The van der Waals surface area contributed by atoms with Crippen molar-refractivity contribution in [2.45, 2.75) is 39.6 Å². The van der Waals surface area contributed by atoms with Crippen molar-refractivity contribution in [3.63, 3.8) is 0 Å². The van der Waals surface area contributed by atoms with Crippen molar-refractivity contribution in [1.29, 1.82) is 0 Å². The van der Waals surface area contributed by atoms with E-state index in [0.717, 1.165) is 10.7 Å². The molecule has 0 saturated carbocycles. The minimum Gasteiger partial charge on any atom is -0.433 e. The van der Waals surface area contributed by atoms with E-state index in [1.807, 2.05) is 0 Å². The van der Waals surface area contributed by atoms with E-state index in [2.05, 4.69) is 15.2 Å². The van der Waals surface area contributed by atoms with Gasteiger partial charge >= 0.3 is 12.8 Å². The summed E-state index contributed by atoms with van der Waals surface area (Å²) in [5.74, 6) is -0.978. The summed E-state index contributed by atoms with van der Waals surface area (Å²) in [6, 6.07) is 3.92. The molecule has 1 unspecified atom stereocenters. The zero-order chi connectivity index (χ0) is 19.6. The average molecular weight is 377 g/mol. The van der Waals surface area contributed by atoms with Gasteiger partial charge in [-0.1, -0.05) is 6.07 Å². The molecule has 26 heavy (non-hydrogen) atoms. The number of nitrogens with one attached hydrogen (secondary N) is 1. The monoisotopic (exact) mass is 377 g/mol. The summed E-state index contributed by atoms with van der Waals surface area (Å²) in [5, 5.41) is 5.80. The van der Waals surface area contributed by atoms with E-state index in [-0.39, 0.29) is 17.1 Å². The summed E-state index contributed by atoms with van der Waals surface area (Å²) in [5.41, 5.74) is -0.326. The Hall–Kier alpha value is -2.65. The lowest BCUT2D eigenvalue weighted by Crippen LogP contribution is -2.26. The van der Waals surface area contributed by atoms with Gasteiger partial charge in [-0.25, -0.2) is 0 Å². The van der Waals surface area contributed by atoms with Crippen LogP contribution in [0.4, 0.5) is 27.6 Å². The molecule has 1 aromatic carbocycles. The highest BCUT2D eigenvalue weighted by Crippen LogP contribution is 2.30. The molecule has 1 amide bonds. The summed E-state index contributed by atoms with van der Waals surface area (Å²) >= 11 is 0. The predicted molar refractivity (Wildman–Crippen MR) is 83.1 cm³/mol. The molecule has 1 aromatic heterocycles. The molecule has 1 heterocycles. The summed E-state index contributed by atoms with van der Waals surface area (Å²) in [6.45, 7) is 1.31. The Kier molecular flexibility index (Phi) is 5.53. The Morgan fingerprint density at radius 1 is 1.23 bits per heavy atom. The number of carbonyl (C=O) groups is 1. The number of alkyl halides is 5. The second kappa shape index (κ2) is 7.30. The van der Waals surface area contributed by atoms with Gasteiger partial charge < -0.3 is 10.1 Å². The highest BCUT2D eigenvalue weighted by atomic mass is 19.4. The van der Waals surface area contributed by atoms with Crippen LogP contribution in [0.15, 0.2) is 24.3 Å². The van der Waals surface area contributed by atoms with Crippen molar-refractivity contribution in [3.05, 3.63) is 41.2 Å². The first-order valence-electron chi connectivity index (χ1n) is 7.48. The lowest BCUT2D eigenvalue weighted by atomic mass is 10.2. The molecule has 0 aliphatic carbocycles. The summed E-state index contributed by atoms with van der Waals surface area (Å²) in [4.78, 5) is 12.4. The quantitative estimate of drug-likeness (QED) is 0.790. The van der Waals surface area contributed by atoms with Crippen molar-refractivity contribution < 1.29 is 31.5 Å². The number of halogens is 5. The van der Waals surface area contributed by atoms with Crippen molar-refractivity contribution in [3.8, 4) is 5.75 Å². The third-order valence-corrected chi connectivity index (χ3v) is 3.57. The normalized spacial score (nSPS) is 13.0. The van der Waals surface area contributed by atoms with Crippen molar-refractivity contribution in [2.75, 3.05) is 5.32 Å². The molecule has 0 fully saturated rings. The molecule has 10 heteroatoms. The highest BCUT2D eigenvalue weighted by molar-refractivity contribution is 5.94. The van der Waals surface area contributed by atoms with Gasteiger partial charge in [0.1, 0.15) is 11.8 Å². The number of ether oxygens (including phenoxy) is 1. The zero-order valence-electron chi connectivity index (χ0n) is 14.1. The minimum absolute atomic E-state index is 0.0111. The number of carbonyl (C=O) groups excluding carboxylic acids is 1. The lowest BCUT2D eigenvalue weighted by Gasteiger charge is -2.17. The van der Waals surface area contributed by atoms with Gasteiger partial charge in [0.05, 0.1) is 5.69 Å². The van der Waals surface area contributed by atoms with Crippen LogP contribution in [0.1, 0.15) is 29.9 Å². The molecule has 0 aliphatic rings. The maximum atomic E-state index is 12.7. The smallest absolute Gasteiger partial charge is 0.433 e. The molecule has 1 atom stereocenters. The van der Waals surface area contributed by atoms with Crippen molar-refractivity contribution >= 4 is 11.6 Å². The number of hydrogen-bond donors (Lipinski definition) is 1. The van der Waals surface area contributed by atoms with Crippen LogP contribution in [0.5, 0.6) is 5.75 Å². The number of aryl methyl sites for hydroxylation is 2. The molecule has 0 aliphatic heterocycles. The van der Waals surface area contributed by atoms with Crippen LogP contribution in [-0.4, -0.2) is 22.3 Å². The Morgan fingerprint density at radius 3 is 2.42 bits per heavy atom. The van der Waals surface area contributed by atoms with E-state index < -0.39 is 30.4 Å². The van der Waals surface area contributed by atoms with E-state index in [0.29, 0.717) is 5.56 Å². The SMILES string of the molecule is Cc1ccc(OC(F)F)c(NC(=O)C(C)n2nc(C(F)(F)F)cc2C)c1. The predicted octanol–water partition coefficient (Wildman–Crippen LogP) is 4.32. The fourth-order valence-corrected chi connectivity index (χ4v) is 2.31.